The van der Waals surface area contributed by atoms with Crippen molar-refractivity contribution in [3.05, 3.63) is 90.5 Å². The van der Waals surface area contributed by atoms with E-state index in [-0.39, 0.29) is 11.9 Å². The van der Waals surface area contributed by atoms with E-state index in [0.29, 0.717) is 39.5 Å². The molecule has 1 fully saturated rings. The molecule has 1 N–H and O–H groups in total. The molecule has 4 aromatic carbocycles. The van der Waals surface area contributed by atoms with E-state index in [2.05, 4.69) is 5.32 Å². The third kappa shape index (κ3) is 7.28. The number of amides is 1. The van der Waals surface area contributed by atoms with Crippen LogP contribution in [0.15, 0.2) is 84.9 Å². The number of benzene rings is 4. The van der Waals surface area contributed by atoms with Gasteiger partial charge in [0.1, 0.15) is 29.6 Å². The highest BCUT2D eigenvalue weighted by molar-refractivity contribution is 5.96. The first-order valence-electron chi connectivity index (χ1n) is 13.8. The molecule has 1 heterocycles. The molecule has 0 radical (unpaired) electrons. The average Bonchev–Trinajstić information content (AvgIpc) is 3.02. The van der Waals surface area contributed by atoms with Gasteiger partial charge in [0.25, 0.3) is 0 Å². The summed E-state index contributed by atoms with van der Waals surface area (Å²) in [5.41, 5.74) is 1.84. The van der Waals surface area contributed by atoms with E-state index in [9.17, 15) is 4.79 Å². The molecule has 1 unspecified atom stereocenters. The normalized spacial score (nSPS) is 15.1. The molecule has 41 heavy (non-hydrogen) atoms. The van der Waals surface area contributed by atoms with E-state index < -0.39 is 0 Å². The molecule has 8 nitrogen and oxygen atoms in total. The molecule has 1 aliphatic heterocycles. The summed E-state index contributed by atoms with van der Waals surface area (Å²) in [5, 5.41) is 5.35. The predicted octanol–water partition coefficient (Wildman–Crippen LogP) is 5.23. The van der Waals surface area contributed by atoms with Crippen molar-refractivity contribution in [3.8, 4) is 23.0 Å². The molecule has 0 aliphatic carbocycles. The van der Waals surface area contributed by atoms with Gasteiger partial charge in [-0.15, -0.1) is 0 Å². The van der Waals surface area contributed by atoms with Gasteiger partial charge in [-0.1, -0.05) is 30.3 Å². The molecule has 214 valence electrons. The van der Waals surface area contributed by atoms with Gasteiger partial charge < -0.3 is 33.9 Å². The molecule has 1 atom stereocenters. The van der Waals surface area contributed by atoms with E-state index >= 15 is 0 Å². The fourth-order valence-electron chi connectivity index (χ4n) is 4.88. The molecule has 1 saturated heterocycles. The Balaban J connectivity index is 1.12. The number of fused-ring (bicyclic) bond motifs is 1. The number of anilines is 1. The summed E-state index contributed by atoms with van der Waals surface area (Å²) in [5.74, 6) is 3.14. The Bertz CT molecular complexity index is 1440. The number of nitrogens with zero attached hydrogens (tertiary/aromatic N) is 1. The van der Waals surface area contributed by atoms with Gasteiger partial charge in [-0.3, -0.25) is 4.79 Å². The third-order valence-corrected chi connectivity index (χ3v) is 7.02. The Morgan fingerprint density at radius 1 is 0.805 bits per heavy atom. The van der Waals surface area contributed by atoms with Crippen molar-refractivity contribution < 1.29 is 28.5 Å². The first kappa shape index (κ1) is 28.3. The smallest absolute Gasteiger partial charge is 0.241 e. The van der Waals surface area contributed by atoms with Crippen molar-refractivity contribution in [2.75, 3.05) is 52.0 Å². The van der Waals surface area contributed by atoms with Crippen LogP contribution in [-0.4, -0.2) is 59.1 Å². The number of hydrogen-bond donors (Lipinski definition) is 1. The monoisotopic (exact) mass is 556 g/mol. The maximum Gasteiger partial charge on any atom is 0.241 e. The van der Waals surface area contributed by atoms with Crippen molar-refractivity contribution in [3.63, 3.8) is 0 Å². The highest BCUT2D eigenvalue weighted by atomic mass is 16.5. The maximum atomic E-state index is 12.9. The van der Waals surface area contributed by atoms with Gasteiger partial charge in [0, 0.05) is 24.2 Å². The Kier molecular flexibility index (Phi) is 9.57. The topological polar surface area (TPSA) is 78.5 Å². The van der Waals surface area contributed by atoms with Crippen LogP contribution in [0.1, 0.15) is 12.0 Å². The van der Waals surface area contributed by atoms with Crippen molar-refractivity contribution in [2.45, 2.75) is 19.1 Å². The molecule has 0 spiro atoms. The van der Waals surface area contributed by atoms with Crippen LogP contribution in [0.2, 0.25) is 0 Å². The van der Waals surface area contributed by atoms with Gasteiger partial charge in [0.15, 0.2) is 0 Å². The summed E-state index contributed by atoms with van der Waals surface area (Å²) in [6.45, 7) is 2.91. The maximum absolute atomic E-state index is 12.9. The largest absolute Gasteiger partial charge is 0.497 e. The summed E-state index contributed by atoms with van der Waals surface area (Å²) in [6.07, 6.45) is 0.758. The standard InChI is InChI=1S/C33H36N2O6/c1-37-30-12-8-24-9-13-31(19-26(24)18-30)41-23-28-20-34-21-33(36)35(28)27-10-14-29(15-11-27)40-17-5-16-39-22-25-6-3-4-7-32(25)38-2/h3-4,6-15,18-19,28,34H,5,16-17,20-23H2,1-2H3. The van der Waals surface area contributed by atoms with Gasteiger partial charge in [0.2, 0.25) is 5.91 Å². The number of carbonyl (C=O) groups is 1. The minimum absolute atomic E-state index is 0.00830. The minimum Gasteiger partial charge on any atom is -0.497 e. The highest BCUT2D eigenvalue weighted by Crippen LogP contribution is 2.27. The Labute approximate surface area is 240 Å². The average molecular weight is 557 g/mol. The second kappa shape index (κ2) is 13.9. The molecule has 1 amide bonds. The summed E-state index contributed by atoms with van der Waals surface area (Å²) in [7, 11) is 3.32. The summed E-state index contributed by atoms with van der Waals surface area (Å²) in [6, 6.07) is 27.3. The zero-order valence-corrected chi connectivity index (χ0v) is 23.5. The van der Waals surface area contributed by atoms with Gasteiger partial charge in [0.05, 0.1) is 46.6 Å². The second-order valence-corrected chi connectivity index (χ2v) is 9.79. The van der Waals surface area contributed by atoms with Gasteiger partial charge in [-0.05, 0) is 65.4 Å². The number of ether oxygens (including phenoxy) is 5. The summed E-state index contributed by atoms with van der Waals surface area (Å²) >= 11 is 0. The number of hydrogen-bond acceptors (Lipinski definition) is 7. The lowest BCUT2D eigenvalue weighted by Gasteiger charge is -2.36. The number of para-hydroxylation sites is 1. The lowest BCUT2D eigenvalue weighted by molar-refractivity contribution is -0.119. The van der Waals surface area contributed by atoms with Gasteiger partial charge in [-0.2, -0.15) is 0 Å². The Morgan fingerprint density at radius 3 is 2.37 bits per heavy atom. The van der Waals surface area contributed by atoms with Crippen LogP contribution in [0.4, 0.5) is 5.69 Å². The third-order valence-electron chi connectivity index (χ3n) is 7.02. The first-order chi connectivity index (χ1) is 20.1. The van der Waals surface area contributed by atoms with Crippen molar-refractivity contribution in [2.24, 2.45) is 0 Å². The number of nitrogens with one attached hydrogen (secondary N) is 1. The number of rotatable bonds is 13. The zero-order valence-electron chi connectivity index (χ0n) is 23.5. The molecule has 8 heteroatoms. The van der Waals surface area contributed by atoms with Crippen LogP contribution < -0.4 is 29.2 Å². The van der Waals surface area contributed by atoms with Crippen LogP contribution in [0.25, 0.3) is 10.8 Å². The van der Waals surface area contributed by atoms with E-state index in [0.717, 1.165) is 51.4 Å². The fourth-order valence-corrected chi connectivity index (χ4v) is 4.88. The Morgan fingerprint density at radius 2 is 1.56 bits per heavy atom. The molecule has 4 aromatic rings. The lowest BCUT2D eigenvalue weighted by atomic mass is 10.1. The number of methoxy groups -OCH3 is 2. The Hall–Kier alpha value is -4.27. The predicted molar refractivity (Wildman–Crippen MR) is 159 cm³/mol. The van der Waals surface area contributed by atoms with E-state index in [4.69, 9.17) is 23.7 Å². The quantitative estimate of drug-likeness (QED) is 0.226. The molecule has 5 rings (SSSR count). The van der Waals surface area contributed by atoms with Crippen LogP contribution in [-0.2, 0) is 16.1 Å². The molecule has 0 saturated carbocycles. The minimum atomic E-state index is -0.149. The molecule has 0 bridgehead atoms. The molecule has 1 aliphatic rings. The van der Waals surface area contributed by atoms with E-state index in [1.165, 1.54) is 0 Å². The number of carbonyl (C=O) groups excluding carboxylic acids is 1. The molecular formula is C33H36N2O6. The summed E-state index contributed by atoms with van der Waals surface area (Å²) in [4.78, 5) is 14.7. The fraction of sp³-hybridized carbons (Fsp3) is 0.303. The van der Waals surface area contributed by atoms with Crippen molar-refractivity contribution in [1.29, 1.82) is 0 Å². The van der Waals surface area contributed by atoms with Crippen molar-refractivity contribution >= 4 is 22.4 Å². The lowest BCUT2D eigenvalue weighted by Crippen LogP contribution is -2.57. The second-order valence-electron chi connectivity index (χ2n) is 9.79. The molecule has 0 aromatic heterocycles. The first-order valence-corrected chi connectivity index (χ1v) is 13.8. The van der Waals surface area contributed by atoms with Gasteiger partial charge >= 0.3 is 0 Å². The highest BCUT2D eigenvalue weighted by Gasteiger charge is 2.29. The SMILES string of the molecule is COc1ccc2ccc(OCC3CNCC(=O)N3c3ccc(OCCCOCc4ccccc4OC)cc3)cc2c1. The van der Waals surface area contributed by atoms with Crippen LogP contribution in [0, 0.1) is 0 Å². The van der Waals surface area contributed by atoms with Crippen LogP contribution in [0.5, 0.6) is 23.0 Å². The van der Waals surface area contributed by atoms with Crippen LogP contribution >= 0.6 is 0 Å². The zero-order chi connectivity index (χ0) is 28.4. The van der Waals surface area contributed by atoms with Gasteiger partial charge in [-0.25, -0.2) is 0 Å². The molecular weight excluding hydrogens is 520 g/mol. The van der Waals surface area contributed by atoms with Crippen LogP contribution in [0.3, 0.4) is 0 Å². The van der Waals surface area contributed by atoms with Crippen molar-refractivity contribution in [1.82, 2.24) is 5.32 Å². The number of piperazine rings is 1. The van der Waals surface area contributed by atoms with E-state index in [1.807, 2.05) is 89.8 Å². The van der Waals surface area contributed by atoms with E-state index in [1.54, 1.807) is 14.2 Å². The summed E-state index contributed by atoms with van der Waals surface area (Å²) < 4.78 is 28.6.